The Hall–Kier alpha value is -2.49. The smallest absolute Gasteiger partial charge is 0.266 e. The summed E-state index contributed by atoms with van der Waals surface area (Å²) in [5.41, 5.74) is 1.44. The highest BCUT2D eigenvalue weighted by molar-refractivity contribution is 6.34. The number of fused-ring (bicyclic) bond motifs is 1. The van der Waals surface area contributed by atoms with E-state index in [1.54, 1.807) is 43.3 Å². The number of hydrogen-bond donors (Lipinski definition) is 0. The zero-order valence-corrected chi connectivity index (χ0v) is 10.2. The zero-order chi connectivity index (χ0) is 13.6. The van der Waals surface area contributed by atoms with Gasteiger partial charge in [-0.2, -0.15) is 0 Å². The second-order valence-corrected chi connectivity index (χ2v) is 4.42. The second kappa shape index (κ2) is 4.02. The maximum absolute atomic E-state index is 13.6. The van der Waals surface area contributed by atoms with E-state index < -0.39 is 17.6 Å². The molecule has 4 heteroatoms. The zero-order valence-electron chi connectivity index (χ0n) is 10.2. The first-order valence-electron chi connectivity index (χ1n) is 5.83. The molecule has 0 aliphatic carbocycles. The predicted molar refractivity (Wildman–Crippen MR) is 68.7 cm³/mol. The molecule has 2 aromatic carbocycles. The SMILES string of the molecule is Cc1ccc(N2C(=O)c3ccccc3C2=O)cc1F. The van der Waals surface area contributed by atoms with Gasteiger partial charge in [0.15, 0.2) is 0 Å². The van der Waals surface area contributed by atoms with Crippen molar-refractivity contribution in [2.75, 3.05) is 4.90 Å². The fraction of sp³-hybridized carbons (Fsp3) is 0.0667. The van der Waals surface area contributed by atoms with Crippen molar-refractivity contribution in [2.45, 2.75) is 6.92 Å². The molecule has 3 nitrogen and oxygen atoms in total. The largest absolute Gasteiger partial charge is 0.268 e. The summed E-state index contributed by atoms with van der Waals surface area (Å²) >= 11 is 0. The van der Waals surface area contributed by atoms with Crippen LogP contribution >= 0.6 is 0 Å². The van der Waals surface area contributed by atoms with Crippen molar-refractivity contribution < 1.29 is 14.0 Å². The Morgan fingerprint density at radius 3 is 2.05 bits per heavy atom. The van der Waals surface area contributed by atoms with E-state index in [9.17, 15) is 14.0 Å². The third kappa shape index (κ3) is 1.64. The first-order chi connectivity index (χ1) is 9.09. The van der Waals surface area contributed by atoms with Gasteiger partial charge in [-0.15, -0.1) is 0 Å². The maximum Gasteiger partial charge on any atom is 0.266 e. The molecule has 0 saturated heterocycles. The first kappa shape index (κ1) is 11.6. The number of aryl methyl sites for hydroxylation is 1. The van der Waals surface area contributed by atoms with Crippen LogP contribution in [0.5, 0.6) is 0 Å². The van der Waals surface area contributed by atoms with Gasteiger partial charge >= 0.3 is 0 Å². The van der Waals surface area contributed by atoms with Crippen molar-refractivity contribution in [3.8, 4) is 0 Å². The highest BCUT2D eigenvalue weighted by Gasteiger charge is 2.36. The van der Waals surface area contributed by atoms with Gasteiger partial charge in [-0.05, 0) is 36.8 Å². The minimum atomic E-state index is -0.436. The molecule has 0 atom stereocenters. The van der Waals surface area contributed by atoms with Crippen LogP contribution < -0.4 is 4.90 Å². The van der Waals surface area contributed by atoms with E-state index in [0.717, 1.165) is 4.90 Å². The third-order valence-electron chi connectivity index (χ3n) is 3.21. The minimum absolute atomic E-state index is 0.259. The molecule has 0 saturated carbocycles. The summed E-state index contributed by atoms with van der Waals surface area (Å²) in [6.07, 6.45) is 0. The molecule has 0 radical (unpaired) electrons. The van der Waals surface area contributed by atoms with Gasteiger partial charge in [-0.3, -0.25) is 9.59 Å². The first-order valence-corrected chi connectivity index (χ1v) is 5.83. The van der Waals surface area contributed by atoms with Crippen molar-refractivity contribution >= 4 is 17.5 Å². The Labute approximate surface area is 109 Å². The lowest BCUT2D eigenvalue weighted by molar-refractivity contribution is 0.0926. The van der Waals surface area contributed by atoms with Crippen LogP contribution in [0, 0.1) is 12.7 Å². The lowest BCUT2D eigenvalue weighted by Crippen LogP contribution is -2.29. The molecule has 19 heavy (non-hydrogen) atoms. The van der Waals surface area contributed by atoms with E-state index in [-0.39, 0.29) is 5.69 Å². The molecular formula is C15H10FNO2. The van der Waals surface area contributed by atoms with E-state index in [1.807, 2.05) is 0 Å². The molecular weight excluding hydrogens is 245 g/mol. The highest BCUT2D eigenvalue weighted by Crippen LogP contribution is 2.29. The van der Waals surface area contributed by atoms with E-state index >= 15 is 0 Å². The molecule has 2 amide bonds. The van der Waals surface area contributed by atoms with Gasteiger partial charge in [0.2, 0.25) is 0 Å². The van der Waals surface area contributed by atoms with Crippen LogP contribution in [0.4, 0.5) is 10.1 Å². The number of imide groups is 1. The Bertz CT molecular complexity index is 674. The van der Waals surface area contributed by atoms with E-state index in [2.05, 4.69) is 0 Å². The van der Waals surface area contributed by atoms with Crippen LogP contribution in [-0.4, -0.2) is 11.8 Å². The van der Waals surface area contributed by atoms with Gasteiger partial charge in [0.05, 0.1) is 16.8 Å². The molecule has 0 unspecified atom stereocenters. The van der Waals surface area contributed by atoms with Crippen molar-refractivity contribution in [3.63, 3.8) is 0 Å². The summed E-state index contributed by atoms with van der Waals surface area (Å²) in [5.74, 6) is -1.26. The fourth-order valence-corrected chi connectivity index (χ4v) is 2.14. The van der Waals surface area contributed by atoms with Crippen LogP contribution in [0.25, 0.3) is 0 Å². The number of carbonyl (C=O) groups is 2. The van der Waals surface area contributed by atoms with Crippen molar-refractivity contribution in [3.05, 3.63) is 65.0 Å². The summed E-state index contributed by atoms with van der Waals surface area (Å²) in [6.45, 7) is 1.63. The van der Waals surface area contributed by atoms with Crippen LogP contribution in [0.1, 0.15) is 26.3 Å². The summed E-state index contributed by atoms with van der Waals surface area (Å²) in [6, 6.07) is 10.9. The molecule has 2 aromatic rings. The van der Waals surface area contributed by atoms with Crippen molar-refractivity contribution in [2.24, 2.45) is 0 Å². The average molecular weight is 255 g/mol. The summed E-state index contributed by atoms with van der Waals surface area (Å²) in [5, 5.41) is 0. The molecule has 94 valence electrons. The van der Waals surface area contributed by atoms with Crippen LogP contribution in [0.2, 0.25) is 0 Å². The Morgan fingerprint density at radius 1 is 0.947 bits per heavy atom. The molecule has 0 bridgehead atoms. The van der Waals surface area contributed by atoms with E-state index in [4.69, 9.17) is 0 Å². The van der Waals surface area contributed by atoms with Gasteiger partial charge in [0.25, 0.3) is 11.8 Å². The van der Waals surface area contributed by atoms with Crippen molar-refractivity contribution in [1.82, 2.24) is 0 Å². The number of amides is 2. The van der Waals surface area contributed by atoms with Gasteiger partial charge < -0.3 is 0 Å². The molecule has 1 heterocycles. The minimum Gasteiger partial charge on any atom is -0.268 e. The van der Waals surface area contributed by atoms with Gasteiger partial charge in [0, 0.05) is 0 Å². The lowest BCUT2D eigenvalue weighted by Gasteiger charge is -2.14. The van der Waals surface area contributed by atoms with E-state index in [1.165, 1.54) is 6.07 Å². The Morgan fingerprint density at radius 2 is 1.53 bits per heavy atom. The molecule has 0 spiro atoms. The molecule has 0 fully saturated rings. The fourth-order valence-electron chi connectivity index (χ4n) is 2.14. The second-order valence-electron chi connectivity index (χ2n) is 4.42. The number of halogens is 1. The third-order valence-corrected chi connectivity index (χ3v) is 3.21. The normalized spacial score (nSPS) is 13.9. The van der Waals surface area contributed by atoms with Gasteiger partial charge in [0.1, 0.15) is 5.82 Å². The standard InChI is InChI=1S/C15H10FNO2/c1-9-6-7-10(8-13(9)16)17-14(18)11-4-2-3-5-12(11)15(17)19/h2-8H,1H3. The molecule has 0 N–H and O–H groups in total. The average Bonchev–Trinajstić information content (AvgIpc) is 2.66. The molecule has 3 rings (SSSR count). The number of anilines is 1. The number of hydrogen-bond acceptors (Lipinski definition) is 2. The van der Waals surface area contributed by atoms with Gasteiger partial charge in [-0.25, -0.2) is 9.29 Å². The predicted octanol–water partition coefficient (Wildman–Crippen LogP) is 2.93. The monoisotopic (exact) mass is 255 g/mol. The summed E-state index contributed by atoms with van der Waals surface area (Å²) in [7, 11) is 0. The van der Waals surface area contributed by atoms with E-state index in [0.29, 0.717) is 16.7 Å². The van der Waals surface area contributed by atoms with Crippen molar-refractivity contribution in [1.29, 1.82) is 0 Å². The summed E-state index contributed by atoms with van der Waals surface area (Å²) in [4.78, 5) is 25.4. The number of carbonyl (C=O) groups excluding carboxylic acids is 2. The van der Waals surface area contributed by atoms with Crippen LogP contribution in [0.15, 0.2) is 42.5 Å². The number of nitrogens with zero attached hydrogens (tertiary/aromatic N) is 1. The molecule has 0 aromatic heterocycles. The highest BCUT2D eigenvalue weighted by atomic mass is 19.1. The number of benzene rings is 2. The molecule has 1 aliphatic rings. The number of rotatable bonds is 1. The Balaban J connectivity index is 2.11. The summed E-state index contributed by atoms with van der Waals surface area (Å²) < 4.78 is 13.6. The quantitative estimate of drug-likeness (QED) is 0.735. The maximum atomic E-state index is 13.6. The Kier molecular flexibility index (Phi) is 2.45. The van der Waals surface area contributed by atoms with Gasteiger partial charge in [-0.1, -0.05) is 18.2 Å². The molecule has 1 aliphatic heterocycles. The topological polar surface area (TPSA) is 37.4 Å². The van der Waals surface area contributed by atoms with Crippen LogP contribution in [-0.2, 0) is 0 Å². The van der Waals surface area contributed by atoms with Crippen LogP contribution in [0.3, 0.4) is 0 Å². The lowest BCUT2D eigenvalue weighted by atomic mass is 10.1.